The Balaban J connectivity index is 2.78. The molecule has 0 unspecified atom stereocenters. The van der Waals surface area contributed by atoms with Crippen molar-refractivity contribution in [3.05, 3.63) is 23.4 Å². The molecule has 1 heterocycles. The Labute approximate surface area is 97.9 Å². The SMILES string of the molecule is CC(=O)c1cc2c(O)c(B(O)O)c(C)cc2[nH]1. The fourth-order valence-electron chi connectivity index (χ4n) is 1.92. The Bertz CT molecular complexity index is 603. The van der Waals surface area contributed by atoms with E-state index in [0.717, 1.165) is 0 Å². The monoisotopic (exact) mass is 233 g/mol. The Morgan fingerprint density at radius 3 is 2.53 bits per heavy atom. The van der Waals surface area contributed by atoms with Crippen molar-refractivity contribution >= 4 is 29.3 Å². The summed E-state index contributed by atoms with van der Waals surface area (Å²) in [5.74, 6) is -0.358. The maximum atomic E-state index is 11.2. The van der Waals surface area contributed by atoms with Crippen LogP contribution in [0, 0.1) is 6.92 Å². The minimum absolute atomic E-state index is 0.0617. The van der Waals surface area contributed by atoms with Gasteiger partial charge in [0.05, 0.1) is 5.69 Å². The third-order valence-corrected chi connectivity index (χ3v) is 2.78. The quantitative estimate of drug-likeness (QED) is 0.436. The van der Waals surface area contributed by atoms with Crippen LogP contribution in [0.3, 0.4) is 0 Å². The summed E-state index contributed by atoms with van der Waals surface area (Å²) in [6.07, 6.45) is 0. The highest BCUT2D eigenvalue weighted by Gasteiger charge is 2.22. The van der Waals surface area contributed by atoms with Gasteiger partial charge in [-0.3, -0.25) is 4.79 Å². The first-order valence-corrected chi connectivity index (χ1v) is 5.14. The van der Waals surface area contributed by atoms with Crippen LogP contribution in [0.2, 0.25) is 0 Å². The predicted molar refractivity (Wildman–Crippen MR) is 64.5 cm³/mol. The van der Waals surface area contributed by atoms with E-state index >= 15 is 0 Å². The largest absolute Gasteiger partial charge is 0.508 e. The van der Waals surface area contributed by atoms with Gasteiger partial charge in [-0.15, -0.1) is 0 Å². The number of H-pyrrole nitrogens is 1. The molecule has 0 saturated carbocycles. The molecule has 17 heavy (non-hydrogen) atoms. The minimum atomic E-state index is -1.74. The third-order valence-electron chi connectivity index (χ3n) is 2.78. The van der Waals surface area contributed by atoms with Gasteiger partial charge in [0.25, 0.3) is 0 Å². The van der Waals surface area contributed by atoms with Crippen molar-refractivity contribution in [1.82, 2.24) is 4.98 Å². The van der Waals surface area contributed by atoms with E-state index in [-0.39, 0.29) is 17.0 Å². The van der Waals surface area contributed by atoms with Gasteiger partial charge in [0.1, 0.15) is 5.75 Å². The number of nitrogens with one attached hydrogen (secondary N) is 1. The molecule has 5 nitrogen and oxygen atoms in total. The molecule has 1 aromatic carbocycles. The standard InChI is InChI=1S/C11H12BNO4/c1-5-3-9-7(4-8(13-9)6(2)14)11(15)10(5)12(16)17/h3-4,13,15-17H,1-2H3. The van der Waals surface area contributed by atoms with Crippen LogP contribution in [0.4, 0.5) is 0 Å². The predicted octanol–water partition coefficient (Wildman–Crippen LogP) is 0.0643. The summed E-state index contributed by atoms with van der Waals surface area (Å²) in [6.45, 7) is 3.07. The number of rotatable bonds is 2. The highest BCUT2D eigenvalue weighted by atomic mass is 16.4. The smallest absolute Gasteiger partial charge is 0.492 e. The molecule has 0 aliphatic rings. The minimum Gasteiger partial charge on any atom is -0.508 e. The van der Waals surface area contributed by atoms with E-state index in [2.05, 4.69) is 4.98 Å². The number of aromatic amines is 1. The summed E-state index contributed by atoms with van der Waals surface area (Å²) < 4.78 is 0. The average Bonchev–Trinajstić information content (AvgIpc) is 2.60. The second kappa shape index (κ2) is 3.90. The zero-order valence-electron chi connectivity index (χ0n) is 9.48. The summed E-state index contributed by atoms with van der Waals surface area (Å²) in [5, 5.41) is 28.7. The molecule has 2 aromatic rings. The second-order valence-corrected chi connectivity index (χ2v) is 4.03. The van der Waals surface area contributed by atoms with Gasteiger partial charge in [-0.25, -0.2) is 0 Å². The van der Waals surface area contributed by atoms with Crippen LogP contribution in [0.5, 0.6) is 5.75 Å². The lowest BCUT2D eigenvalue weighted by molar-refractivity contribution is 0.101. The number of benzene rings is 1. The lowest BCUT2D eigenvalue weighted by atomic mass is 9.76. The highest BCUT2D eigenvalue weighted by molar-refractivity contribution is 6.60. The van der Waals surface area contributed by atoms with Crippen LogP contribution < -0.4 is 5.46 Å². The molecule has 0 atom stereocenters. The van der Waals surface area contributed by atoms with Gasteiger partial charge in [-0.2, -0.15) is 0 Å². The van der Waals surface area contributed by atoms with Crippen molar-refractivity contribution < 1.29 is 19.9 Å². The van der Waals surface area contributed by atoms with Gasteiger partial charge in [0, 0.05) is 23.3 Å². The first-order chi connectivity index (χ1) is 7.91. The number of phenols is 1. The number of carbonyl (C=O) groups is 1. The molecule has 0 amide bonds. The van der Waals surface area contributed by atoms with Gasteiger partial charge in [0.2, 0.25) is 0 Å². The van der Waals surface area contributed by atoms with Crippen molar-refractivity contribution in [2.24, 2.45) is 0 Å². The molecule has 6 heteroatoms. The Kier molecular flexibility index (Phi) is 2.69. The van der Waals surface area contributed by atoms with Crippen LogP contribution in [-0.4, -0.2) is 33.0 Å². The van der Waals surface area contributed by atoms with Crippen molar-refractivity contribution in [3.8, 4) is 5.75 Å². The number of Topliss-reactive ketones (excluding diaryl/α,β-unsaturated/α-hetero) is 1. The molecule has 0 aliphatic heterocycles. The van der Waals surface area contributed by atoms with E-state index in [9.17, 15) is 19.9 Å². The Hall–Kier alpha value is -1.79. The number of ketones is 1. The van der Waals surface area contributed by atoms with Crippen LogP contribution in [-0.2, 0) is 0 Å². The van der Waals surface area contributed by atoms with Gasteiger partial charge in [-0.1, -0.05) is 0 Å². The fraction of sp³-hybridized carbons (Fsp3) is 0.182. The number of hydrogen-bond donors (Lipinski definition) is 4. The topological polar surface area (TPSA) is 93.6 Å². The summed E-state index contributed by atoms with van der Waals surface area (Å²) in [4.78, 5) is 14.1. The molecule has 0 aliphatic carbocycles. The van der Waals surface area contributed by atoms with Crippen molar-refractivity contribution in [2.75, 3.05) is 0 Å². The van der Waals surface area contributed by atoms with Crippen LogP contribution >= 0.6 is 0 Å². The number of phenolic OH excluding ortho intramolecular Hbond substituents is 1. The number of hydrogen-bond acceptors (Lipinski definition) is 4. The highest BCUT2D eigenvalue weighted by Crippen LogP contribution is 2.25. The summed E-state index contributed by atoms with van der Waals surface area (Å²) in [7, 11) is -1.74. The summed E-state index contributed by atoms with van der Waals surface area (Å²) in [5.41, 5.74) is 1.57. The van der Waals surface area contributed by atoms with Gasteiger partial charge >= 0.3 is 7.12 Å². The summed E-state index contributed by atoms with van der Waals surface area (Å²) in [6, 6.07) is 3.16. The fourth-order valence-corrected chi connectivity index (χ4v) is 1.92. The van der Waals surface area contributed by atoms with E-state index in [1.54, 1.807) is 13.0 Å². The molecule has 0 bridgehead atoms. The Morgan fingerprint density at radius 1 is 1.35 bits per heavy atom. The molecule has 0 spiro atoms. The lowest BCUT2D eigenvalue weighted by Gasteiger charge is -2.08. The van der Waals surface area contributed by atoms with Crippen molar-refractivity contribution in [2.45, 2.75) is 13.8 Å². The zero-order chi connectivity index (χ0) is 12.7. The molecule has 2 rings (SSSR count). The van der Waals surface area contributed by atoms with Crippen molar-refractivity contribution in [1.29, 1.82) is 0 Å². The maximum Gasteiger partial charge on any atom is 0.492 e. The van der Waals surface area contributed by atoms with Crippen LogP contribution in [0.15, 0.2) is 12.1 Å². The molecule has 1 aromatic heterocycles. The normalized spacial score (nSPS) is 10.8. The van der Waals surface area contributed by atoms with E-state index in [1.165, 1.54) is 13.0 Å². The summed E-state index contributed by atoms with van der Waals surface area (Å²) >= 11 is 0. The number of aromatic hydroxyl groups is 1. The molecule has 88 valence electrons. The lowest BCUT2D eigenvalue weighted by Crippen LogP contribution is -2.32. The number of aryl methyl sites for hydroxylation is 1. The third kappa shape index (κ3) is 1.81. The molecular formula is C11H12BNO4. The van der Waals surface area contributed by atoms with Crippen LogP contribution in [0.1, 0.15) is 23.0 Å². The number of carbonyl (C=O) groups excluding carboxylic acids is 1. The van der Waals surface area contributed by atoms with E-state index < -0.39 is 7.12 Å². The molecule has 0 saturated heterocycles. The van der Waals surface area contributed by atoms with E-state index in [0.29, 0.717) is 22.2 Å². The van der Waals surface area contributed by atoms with Gasteiger partial charge in [0.15, 0.2) is 5.78 Å². The first-order valence-electron chi connectivity index (χ1n) is 5.14. The van der Waals surface area contributed by atoms with Crippen molar-refractivity contribution in [3.63, 3.8) is 0 Å². The van der Waals surface area contributed by atoms with E-state index in [1.807, 2.05) is 0 Å². The van der Waals surface area contributed by atoms with E-state index in [4.69, 9.17) is 0 Å². The zero-order valence-corrected chi connectivity index (χ0v) is 9.48. The first kappa shape index (κ1) is 11.7. The molecular weight excluding hydrogens is 221 g/mol. The number of aromatic nitrogens is 1. The van der Waals surface area contributed by atoms with Gasteiger partial charge in [-0.05, 0) is 24.6 Å². The average molecular weight is 233 g/mol. The second-order valence-electron chi connectivity index (χ2n) is 4.03. The molecule has 0 fully saturated rings. The van der Waals surface area contributed by atoms with Crippen LogP contribution in [0.25, 0.3) is 10.9 Å². The number of fused-ring (bicyclic) bond motifs is 1. The maximum absolute atomic E-state index is 11.2. The van der Waals surface area contributed by atoms with Gasteiger partial charge < -0.3 is 20.1 Å². The molecule has 0 radical (unpaired) electrons. The molecule has 4 N–H and O–H groups in total. The Morgan fingerprint density at radius 2 is 2.00 bits per heavy atom.